The molecule has 2 heterocycles. The summed E-state index contributed by atoms with van der Waals surface area (Å²) in [6, 6.07) is 11.8. The van der Waals surface area contributed by atoms with E-state index in [-0.39, 0.29) is 11.9 Å². The molecule has 1 fully saturated rings. The molecule has 1 saturated heterocycles. The highest BCUT2D eigenvalue weighted by Crippen LogP contribution is 2.22. The van der Waals surface area contributed by atoms with Gasteiger partial charge in [0, 0.05) is 0 Å². The SMILES string of the molecule is COc1ccccc1NC(=O)[C@H](C)[NH+]1CC[NH+](Cc2cccs2)CC1. The minimum Gasteiger partial charge on any atom is -0.495 e. The van der Waals surface area contributed by atoms with E-state index < -0.39 is 0 Å². The van der Waals surface area contributed by atoms with Gasteiger partial charge in [-0.2, -0.15) is 0 Å². The molecule has 3 N–H and O–H groups in total. The van der Waals surface area contributed by atoms with E-state index in [0.717, 1.165) is 38.4 Å². The molecule has 1 aromatic heterocycles. The number of carbonyl (C=O) groups is 1. The van der Waals surface area contributed by atoms with Crippen LogP contribution in [0, 0.1) is 0 Å². The van der Waals surface area contributed by atoms with Crippen molar-refractivity contribution in [1.82, 2.24) is 0 Å². The zero-order valence-electron chi connectivity index (χ0n) is 14.9. The molecule has 2 aromatic rings. The molecule has 3 rings (SSSR count). The van der Waals surface area contributed by atoms with Gasteiger partial charge in [0.05, 0.1) is 17.7 Å². The molecule has 1 aromatic carbocycles. The summed E-state index contributed by atoms with van der Waals surface area (Å²) in [5, 5.41) is 5.16. The predicted octanol–water partition coefficient (Wildman–Crippen LogP) is 0.0673. The standard InChI is InChI=1S/C19H25N3O2S/c1-15(19(23)20-17-7-3-4-8-18(17)24-2)22-11-9-21(10-12-22)14-16-6-5-13-25-16/h3-8,13,15H,9-12,14H2,1-2H3,(H,20,23)/p+2/t15-/m0/s1. The highest BCUT2D eigenvalue weighted by atomic mass is 32.1. The van der Waals surface area contributed by atoms with Gasteiger partial charge < -0.3 is 19.9 Å². The number of para-hydroxylation sites is 2. The Balaban J connectivity index is 1.51. The lowest BCUT2D eigenvalue weighted by molar-refractivity contribution is -1.02. The van der Waals surface area contributed by atoms with E-state index in [1.807, 2.05) is 42.5 Å². The molecule has 134 valence electrons. The average molecular weight is 362 g/mol. The number of piperazine rings is 1. The first-order valence-corrected chi connectivity index (χ1v) is 9.69. The molecule has 0 radical (unpaired) electrons. The quantitative estimate of drug-likeness (QED) is 0.682. The second-order valence-electron chi connectivity index (χ2n) is 6.58. The molecule has 0 bridgehead atoms. The van der Waals surface area contributed by atoms with Gasteiger partial charge in [-0.3, -0.25) is 4.79 Å². The third-order valence-corrected chi connectivity index (χ3v) is 5.85. The number of amides is 1. The summed E-state index contributed by atoms with van der Waals surface area (Å²) in [5.74, 6) is 0.754. The number of rotatable bonds is 6. The molecule has 0 saturated carbocycles. The van der Waals surface area contributed by atoms with Crippen molar-refractivity contribution in [2.75, 3.05) is 38.6 Å². The molecule has 1 amide bonds. The number of quaternary nitrogens is 2. The molecular weight excluding hydrogens is 334 g/mol. The highest BCUT2D eigenvalue weighted by molar-refractivity contribution is 7.09. The number of thiophene rings is 1. The number of hydrogen-bond acceptors (Lipinski definition) is 3. The third kappa shape index (κ3) is 4.60. The van der Waals surface area contributed by atoms with E-state index in [2.05, 4.69) is 22.8 Å². The van der Waals surface area contributed by atoms with E-state index >= 15 is 0 Å². The molecular formula is C19H27N3O2S+2. The van der Waals surface area contributed by atoms with Gasteiger partial charge >= 0.3 is 0 Å². The monoisotopic (exact) mass is 361 g/mol. The molecule has 6 heteroatoms. The fraction of sp³-hybridized carbons (Fsp3) is 0.421. The van der Waals surface area contributed by atoms with Crippen molar-refractivity contribution in [2.45, 2.75) is 19.5 Å². The van der Waals surface area contributed by atoms with Gasteiger partial charge in [-0.25, -0.2) is 0 Å². The van der Waals surface area contributed by atoms with Crippen LogP contribution in [0.3, 0.4) is 0 Å². The first kappa shape index (κ1) is 17.9. The van der Waals surface area contributed by atoms with Crippen molar-refractivity contribution in [1.29, 1.82) is 0 Å². The van der Waals surface area contributed by atoms with Crippen LogP contribution in [0.15, 0.2) is 41.8 Å². The average Bonchev–Trinajstić information content (AvgIpc) is 3.15. The number of methoxy groups -OCH3 is 1. The van der Waals surface area contributed by atoms with Crippen LogP contribution in [0.5, 0.6) is 5.75 Å². The Labute approximate surface area is 153 Å². The summed E-state index contributed by atoms with van der Waals surface area (Å²) in [5.41, 5.74) is 0.739. The van der Waals surface area contributed by atoms with Gasteiger partial charge in [0.2, 0.25) is 0 Å². The summed E-state index contributed by atoms with van der Waals surface area (Å²) >= 11 is 1.83. The first-order valence-electron chi connectivity index (χ1n) is 8.82. The summed E-state index contributed by atoms with van der Waals surface area (Å²) in [4.78, 5) is 17.0. The molecule has 0 unspecified atom stereocenters. The van der Waals surface area contributed by atoms with Crippen LogP contribution in [-0.2, 0) is 11.3 Å². The molecule has 0 spiro atoms. The van der Waals surface area contributed by atoms with Crippen molar-refractivity contribution in [2.24, 2.45) is 0 Å². The fourth-order valence-electron chi connectivity index (χ4n) is 3.37. The third-order valence-electron chi connectivity index (χ3n) is 4.97. The predicted molar refractivity (Wildman–Crippen MR) is 101 cm³/mol. The molecule has 25 heavy (non-hydrogen) atoms. The Morgan fingerprint density at radius 2 is 1.96 bits per heavy atom. The Kier molecular flexibility index (Phi) is 6.07. The van der Waals surface area contributed by atoms with Gasteiger partial charge in [0.1, 0.15) is 38.5 Å². The summed E-state index contributed by atoms with van der Waals surface area (Å²) in [6.45, 7) is 7.40. The summed E-state index contributed by atoms with van der Waals surface area (Å²) in [6.07, 6.45) is 0. The van der Waals surface area contributed by atoms with E-state index in [1.54, 1.807) is 12.0 Å². The fourth-order valence-corrected chi connectivity index (χ4v) is 4.14. The smallest absolute Gasteiger partial charge is 0.282 e. The van der Waals surface area contributed by atoms with E-state index in [1.165, 1.54) is 9.78 Å². The van der Waals surface area contributed by atoms with E-state index in [9.17, 15) is 4.79 Å². The second-order valence-corrected chi connectivity index (χ2v) is 7.61. The zero-order valence-corrected chi connectivity index (χ0v) is 15.7. The van der Waals surface area contributed by atoms with E-state index in [0.29, 0.717) is 5.75 Å². The lowest BCUT2D eigenvalue weighted by atomic mass is 10.2. The van der Waals surface area contributed by atoms with Crippen LogP contribution in [0.2, 0.25) is 0 Å². The van der Waals surface area contributed by atoms with Gasteiger partial charge in [0.25, 0.3) is 5.91 Å². The van der Waals surface area contributed by atoms with Gasteiger partial charge in [-0.05, 0) is 30.5 Å². The van der Waals surface area contributed by atoms with Gasteiger partial charge in [0.15, 0.2) is 6.04 Å². The van der Waals surface area contributed by atoms with Gasteiger partial charge in [-0.15, -0.1) is 11.3 Å². The summed E-state index contributed by atoms with van der Waals surface area (Å²) in [7, 11) is 1.62. The summed E-state index contributed by atoms with van der Waals surface area (Å²) < 4.78 is 5.31. The first-order chi connectivity index (χ1) is 12.2. The Bertz CT molecular complexity index is 682. The number of anilines is 1. The number of nitrogens with one attached hydrogen (secondary N) is 3. The lowest BCUT2D eigenvalue weighted by Gasteiger charge is -2.32. The maximum absolute atomic E-state index is 12.6. The highest BCUT2D eigenvalue weighted by Gasteiger charge is 2.31. The second kappa shape index (κ2) is 8.47. The molecule has 5 nitrogen and oxygen atoms in total. The maximum atomic E-state index is 12.6. The normalized spacial score (nSPS) is 21.5. The minimum atomic E-state index is -0.0619. The zero-order chi connectivity index (χ0) is 17.6. The molecule has 0 aliphatic carbocycles. The maximum Gasteiger partial charge on any atom is 0.282 e. The van der Waals surface area contributed by atoms with Crippen LogP contribution in [0.4, 0.5) is 5.69 Å². The minimum absolute atomic E-state index is 0.0567. The van der Waals surface area contributed by atoms with Crippen molar-refractivity contribution in [3.8, 4) is 5.75 Å². The van der Waals surface area contributed by atoms with Gasteiger partial charge in [-0.1, -0.05) is 18.2 Å². The largest absolute Gasteiger partial charge is 0.495 e. The van der Waals surface area contributed by atoms with Crippen LogP contribution in [0.1, 0.15) is 11.8 Å². The number of hydrogen-bond donors (Lipinski definition) is 3. The van der Waals surface area contributed by atoms with Crippen LogP contribution in [-0.4, -0.2) is 45.2 Å². The van der Waals surface area contributed by atoms with Crippen LogP contribution < -0.4 is 19.9 Å². The molecule has 1 aliphatic rings. The Morgan fingerprint density at radius 3 is 2.64 bits per heavy atom. The number of ether oxygens (including phenoxy) is 1. The van der Waals surface area contributed by atoms with Crippen molar-refractivity contribution >= 4 is 22.9 Å². The Morgan fingerprint density at radius 1 is 1.20 bits per heavy atom. The topological polar surface area (TPSA) is 47.2 Å². The lowest BCUT2D eigenvalue weighted by Crippen LogP contribution is -3.29. The molecule has 1 atom stereocenters. The number of benzene rings is 1. The number of carbonyl (C=O) groups excluding carboxylic acids is 1. The van der Waals surface area contributed by atoms with Crippen molar-refractivity contribution < 1.29 is 19.3 Å². The van der Waals surface area contributed by atoms with Crippen LogP contribution in [0.25, 0.3) is 0 Å². The Hall–Kier alpha value is -1.89. The van der Waals surface area contributed by atoms with E-state index in [4.69, 9.17) is 4.74 Å². The van der Waals surface area contributed by atoms with Crippen LogP contribution >= 0.6 is 11.3 Å². The van der Waals surface area contributed by atoms with Crippen molar-refractivity contribution in [3.05, 3.63) is 46.7 Å². The van der Waals surface area contributed by atoms with Crippen molar-refractivity contribution in [3.63, 3.8) is 0 Å². The molecule has 1 aliphatic heterocycles.